The quantitative estimate of drug-likeness (QED) is 0.427. The highest BCUT2D eigenvalue weighted by molar-refractivity contribution is 5.94. The Morgan fingerprint density at radius 3 is 2.42 bits per heavy atom. The lowest BCUT2D eigenvalue weighted by molar-refractivity contribution is 0.0857. The van der Waals surface area contributed by atoms with Crippen molar-refractivity contribution in [1.29, 1.82) is 0 Å². The van der Waals surface area contributed by atoms with Crippen molar-refractivity contribution in [3.63, 3.8) is 0 Å². The van der Waals surface area contributed by atoms with Gasteiger partial charge in [-0.3, -0.25) is 4.79 Å². The lowest BCUT2D eigenvalue weighted by Crippen LogP contribution is -2.24. The number of nitrogen functional groups attached to an aromatic ring is 1. The van der Waals surface area contributed by atoms with E-state index in [2.05, 4.69) is 33.5 Å². The summed E-state index contributed by atoms with van der Waals surface area (Å²) in [5, 5.41) is 3.03. The van der Waals surface area contributed by atoms with E-state index in [0.717, 1.165) is 44.6 Å². The van der Waals surface area contributed by atoms with E-state index in [-0.39, 0.29) is 18.1 Å². The van der Waals surface area contributed by atoms with Crippen LogP contribution in [0.25, 0.3) is 11.1 Å². The highest BCUT2D eigenvalue weighted by atomic mass is 16.5. The van der Waals surface area contributed by atoms with E-state index in [1.54, 1.807) is 7.11 Å². The van der Waals surface area contributed by atoms with Gasteiger partial charge in [-0.2, -0.15) is 0 Å². The molecular formula is C29H26N4O3. The number of anilines is 1. The third-order valence-electron chi connectivity index (χ3n) is 7.12. The maximum Gasteiger partial charge on any atom is 0.251 e. The molecule has 2 aliphatic heterocycles. The molecule has 7 nitrogen and oxygen atoms in total. The summed E-state index contributed by atoms with van der Waals surface area (Å²) in [6.07, 6.45) is 1.52. The number of hydrogen-bond donors (Lipinski definition) is 2. The SMILES string of the molecule is COc1ccc(-c2ccc3c(c2)C2OC3c3ccc(C(=O)NCc4c(C)cc(N)nc4C)cc32)cn1. The van der Waals surface area contributed by atoms with E-state index in [1.165, 1.54) is 5.56 Å². The molecule has 2 aromatic heterocycles. The smallest absolute Gasteiger partial charge is 0.251 e. The lowest BCUT2D eigenvalue weighted by Gasteiger charge is -2.18. The molecule has 1 amide bonds. The first-order valence-corrected chi connectivity index (χ1v) is 11.9. The van der Waals surface area contributed by atoms with E-state index < -0.39 is 0 Å². The fourth-order valence-electron chi connectivity index (χ4n) is 5.26. The molecule has 180 valence electrons. The van der Waals surface area contributed by atoms with Gasteiger partial charge in [-0.1, -0.05) is 18.2 Å². The molecule has 2 aromatic carbocycles. The van der Waals surface area contributed by atoms with Crippen LogP contribution >= 0.6 is 0 Å². The number of aryl methyl sites for hydroxylation is 2. The van der Waals surface area contributed by atoms with Gasteiger partial charge in [0.1, 0.15) is 18.0 Å². The predicted octanol–water partition coefficient (Wildman–Crippen LogP) is 4.80. The summed E-state index contributed by atoms with van der Waals surface area (Å²) in [5.41, 5.74) is 15.8. The van der Waals surface area contributed by atoms with E-state index >= 15 is 0 Å². The number of nitrogens with two attached hydrogens (primary N) is 1. The van der Waals surface area contributed by atoms with E-state index in [4.69, 9.17) is 15.2 Å². The zero-order chi connectivity index (χ0) is 25.0. The standard InChI is InChI=1S/C29H26N4O3/c1-15-10-25(30)33-16(2)24(15)14-32-29(34)18-5-8-21-23(12-18)28-22-11-17(4-7-20(22)27(21)36-28)19-6-9-26(35-3)31-13-19/h4-13,27-28H,14H2,1-3H3,(H2,30,33)(H,32,34). The fourth-order valence-corrected chi connectivity index (χ4v) is 5.26. The van der Waals surface area contributed by atoms with Gasteiger partial charge in [0.05, 0.1) is 7.11 Å². The van der Waals surface area contributed by atoms with Crippen LogP contribution < -0.4 is 15.8 Å². The zero-order valence-corrected chi connectivity index (χ0v) is 20.3. The van der Waals surface area contributed by atoms with Crippen LogP contribution in [0.2, 0.25) is 0 Å². The summed E-state index contributed by atoms with van der Waals surface area (Å²) in [4.78, 5) is 21.7. The Morgan fingerprint density at radius 1 is 0.972 bits per heavy atom. The van der Waals surface area contributed by atoms with Gasteiger partial charge < -0.3 is 20.5 Å². The van der Waals surface area contributed by atoms with Crippen molar-refractivity contribution in [2.75, 3.05) is 12.8 Å². The Morgan fingerprint density at radius 2 is 1.69 bits per heavy atom. The van der Waals surface area contributed by atoms with Crippen LogP contribution in [-0.2, 0) is 11.3 Å². The van der Waals surface area contributed by atoms with Crippen LogP contribution in [0.5, 0.6) is 5.88 Å². The summed E-state index contributed by atoms with van der Waals surface area (Å²) in [6.45, 7) is 4.28. The molecule has 0 radical (unpaired) electrons. The van der Waals surface area contributed by atoms with Crippen LogP contribution in [0.4, 0.5) is 5.82 Å². The lowest BCUT2D eigenvalue weighted by atomic mass is 9.84. The van der Waals surface area contributed by atoms with Crippen molar-refractivity contribution in [3.05, 3.63) is 105 Å². The van der Waals surface area contributed by atoms with Crippen molar-refractivity contribution in [1.82, 2.24) is 15.3 Å². The molecule has 0 saturated heterocycles. The topological polar surface area (TPSA) is 99.4 Å². The molecule has 4 heterocycles. The number of carbonyl (C=O) groups excluding carboxylic acids is 1. The van der Waals surface area contributed by atoms with Gasteiger partial charge >= 0.3 is 0 Å². The molecule has 3 N–H and O–H groups in total. The summed E-state index contributed by atoms with van der Waals surface area (Å²) < 4.78 is 11.5. The van der Waals surface area contributed by atoms with Gasteiger partial charge in [-0.15, -0.1) is 0 Å². The number of nitrogens with one attached hydrogen (secondary N) is 1. The minimum Gasteiger partial charge on any atom is -0.481 e. The second-order valence-electron chi connectivity index (χ2n) is 9.28. The zero-order valence-electron chi connectivity index (χ0n) is 20.3. The van der Waals surface area contributed by atoms with E-state index in [9.17, 15) is 4.79 Å². The number of carbonyl (C=O) groups is 1. The Bertz CT molecular complexity index is 1490. The third kappa shape index (κ3) is 3.60. The minimum atomic E-state index is -0.190. The summed E-state index contributed by atoms with van der Waals surface area (Å²) in [7, 11) is 1.61. The first kappa shape index (κ1) is 22.2. The largest absolute Gasteiger partial charge is 0.481 e. The van der Waals surface area contributed by atoms with Gasteiger partial charge in [0.15, 0.2) is 0 Å². The highest BCUT2D eigenvalue weighted by Gasteiger charge is 2.43. The number of benzene rings is 2. The Hall–Kier alpha value is -4.23. The molecule has 0 aliphatic carbocycles. The van der Waals surface area contributed by atoms with Crippen molar-refractivity contribution < 1.29 is 14.3 Å². The molecule has 0 fully saturated rings. The Kier molecular flexibility index (Phi) is 5.23. The monoisotopic (exact) mass is 478 g/mol. The third-order valence-corrected chi connectivity index (χ3v) is 7.12. The normalized spacial score (nSPS) is 17.0. The molecule has 6 rings (SSSR count). The molecule has 2 unspecified atom stereocenters. The van der Waals surface area contributed by atoms with Crippen LogP contribution in [0.15, 0.2) is 60.8 Å². The average Bonchev–Trinajstić information content (AvgIpc) is 3.45. The number of hydrogen-bond acceptors (Lipinski definition) is 6. The van der Waals surface area contributed by atoms with Crippen LogP contribution in [0.3, 0.4) is 0 Å². The van der Waals surface area contributed by atoms with E-state index in [0.29, 0.717) is 23.8 Å². The van der Waals surface area contributed by atoms with Crippen LogP contribution in [0, 0.1) is 13.8 Å². The molecule has 0 spiro atoms. The number of amides is 1. The van der Waals surface area contributed by atoms with Crippen molar-refractivity contribution in [2.45, 2.75) is 32.6 Å². The van der Waals surface area contributed by atoms with Crippen molar-refractivity contribution >= 4 is 11.7 Å². The van der Waals surface area contributed by atoms with Gasteiger partial charge in [0.2, 0.25) is 5.88 Å². The highest BCUT2D eigenvalue weighted by Crippen LogP contribution is 2.54. The molecule has 36 heavy (non-hydrogen) atoms. The van der Waals surface area contributed by atoms with Crippen LogP contribution in [-0.4, -0.2) is 23.0 Å². The second-order valence-corrected chi connectivity index (χ2v) is 9.28. The number of pyridine rings is 2. The Balaban J connectivity index is 1.25. The molecule has 0 saturated carbocycles. The van der Waals surface area contributed by atoms with Crippen molar-refractivity contribution in [3.8, 4) is 17.0 Å². The molecule has 4 aromatic rings. The average molecular weight is 479 g/mol. The number of ether oxygens (including phenoxy) is 2. The predicted molar refractivity (Wildman–Crippen MR) is 137 cm³/mol. The van der Waals surface area contributed by atoms with Gasteiger partial charge in [0.25, 0.3) is 5.91 Å². The summed E-state index contributed by atoms with van der Waals surface area (Å²) in [6, 6.07) is 17.9. The van der Waals surface area contributed by atoms with Gasteiger partial charge in [0, 0.05) is 35.6 Å². The van der Waals surface area contributed by atoms with Gasteiger partial charge in [-0.05, 0) is 83.1 Å². The summed E-state index contributed by atoms with van der Waals surface area (Å²) in [5.74, 6) is 0.940. The number of fused-ring (bicyclic) bond motifs is 8. The number of rotatable bonds is 5. The Labute approximate surface area is 209 Å². The number of nitrogens with zero attached hydrogens (tertiary/aromatic N) is 2. The molecule has 2 aliphatic rings. The number of aromatic nitrogens is 2. The van der Waals surface area contributed by atoms with E-state index in [1.807, 2.05) is 56.4 Å². The maximum atomic E-state index is 13.0. The maximum absolute atomic E-state index is 13.0. The fraction of sp³-hybridized carbons (Fsp3) is 0.207. The number of methoxy groups -OCH3 is 1. The molecule has 2 bridgehead atoms. The van der Waals surface area contributed by atoms with Gasteiger partial charge in [-0.25, -0.2) is 9.97 Å². The van der Waals surface area contributed by atoms with Crippen molar-refractivity contribution in [2.24, 2.45) is 0 Å². The molecule has 7 heteroatoms. The minimum absolute atomic E-state index is 0.105. The second kappa shape index (κ2) is 8.46. The first-order chi connectivity index (χ1) is 17.4. The molecule has 2 atom stereocenters. The first-order valence-electron chi connectivity index (χ1n) is 11.9. The summed E-state index contributed by atoms with van der Waals surface area (Å²) >= 11 is 0. The van der Waals surface area contributed by atoms with Crippen LogP contribution in [0.1, 0.15) is 61.6 Å². The molecular weight excluding hydrogens is 452 g/mol.